The predicted octanol–water partition coefficient (Wildman–Crippen LogP) is 3.29. The van der Waals surface area contributed by atoms with Crippen LogP contribution in [0.5, 0.6) is 11.8 Å². The maximum Gasteiger partial charge on any atom is 0.230 e. The number of hydrogen-bond donors (Lipinski definition) is 2. The van der Waals surface area contributed by atoms with E-state index in [1.807, 2.05) is 38.4 Å². The molecule has 0 spiro atoms. The van der Waals surface area contributed by atoms with Crippen molar-refractivity contribution in [3.8, 4) is 11.8 Å². The van der Waals surface area contributed by atoms with Crippen LogP contribution < -0.4 is 15.4 Å². The molecule has 1 aliphatic rings. The molecule has 0 aliphatic carbocycles. The number of halogens is 1. The van der Waals surface area contributed by atoms with Crippen LogP contribution >= 0.6 is 11.6 Å². The van der Waals surface area contributed by atoms with Gasteiger partial charge in [0.25, 0.3) is 0 Å². The minimum absolute atomic E-state index is 0.191. The molecule has 0 radical (unpaired) electrons. The second kappa shape index (κ2) is 6.18. The number of nitrogens with zero attached hydrogens (tertiary/aromatic N) is 4. The van der Waals surface area contributed by atoms with Crippen molar-refractivity contribution in [2.75, 3.05) is 24.7 Å². The quantitative estimate of drug-likeness (QED) is 0.584. The number of benzene rings is 1. The van der Waals surface area contributed by atoms with E-state index in [9.17, 15) is 0 Å². The SMILES string of the molecule is CNc1ncnc2c1C(c1ccc(Cl)cc1)c1c(NC)ncnc1O2. The van der Waals surface area contributed by atoms with Gasteiger partial charge in [-0.05, 0) is 17.7 Å². The van der Waals surface area contributed by atoms with Crippen LogP contribution in [0.2, 0.25) is 5.02 Å². The predicted molar refractivity (Wildman–Crippen MR) is 95.6 cm³/mol. The second-order valence-corrected chi connectivity index (χ2v) is 5.91. The lowest BCUT2D eigenvalue weighted by atomic mass is 9.84. The molecule has 0 saturated carbocycles. The fraction of sp³-hybridized carbons (Fsp3) is 0.176. The van der Waals surface area contributed by atoms with Gasteiger partial charge in [-0.15, -0.1) is 0 Å². The number of ether oxygens (including phenoxy) is 1. The normalized spacial score (nSPS) is 12.8. The van der Waals surface area contributed by atoms with Crippen LogP contribution in [-0.4, -0.2) is 34.0 Å². The molecule has 0 amide bonds. The van der Waals surface area contributed by atoms with Gasteiger partial charge in [0.2, 0.25) is 11.8 Å². The lowest BCUT2D eigenvalue weighted by Gasteiger charge is -2.29. The summed E-state index contributed by atoms with van der Waals surface area (Å²) in [5, 5.41) is 6.91. The first-order valence-electron chi connectivity index (χ1n) is 7.71. The highest BCUT2D eigenvalue weighted by molar-refractivity contribution is 6.30. The summed E-state index contributed by atoms with van der Waals surface area (Å²) in [5.74, 6) is 2.16. The molecule has 0 atom stereocenters. The van der Waals surface area contributed by atoms with E-state index in [-0.39, 0.29) is 5.92 Å². The highest BCUT2D eigenvalue weighted by atomic mass is 35.5. The van der Waals surface area contributed by atoms with Crippen molar-refractivity contribution >= 4 is 23.2 Å². The fourth-order valence-corrected chi connectivity index (χ4v) is 3.19. The molecule has 2 N–H and O–H groups in total. The summed E-state index contributed by atoms with van der Waals surface area (Å²) < 4.78 is 5.93. The number of nitrogens with one attached hydrogen (secondary N) is 2. The minimum atomic E-state index is -0.191. The average Bonchev–Trinajstić information content (AvgIpc) is 2.66. The average molecular weight is 355 g/mol. The van der Waals surface area contributed by atoms with Gasteiger partial charge in [0.05, 0.1) is 17.0 Å². The van der Waals surface area contributed by atoms with Crippen molar-refractivity contribution in [3.05, 3.63) is 58.6 Å². The second-order valence-electron chi connectivity index (χ2n) is 5.47. The van der Waals surface area contributed by atoms with Crippen molar-refractivity contribution in [2.24, 2.45) is 0 Å². The first kappa shape index (κ1) is 15.6. The third kappa shape index (κ3) is 2.53. The minimum Gasteiger partial charge on any atom is -0.420 e. The Hall–Kier alpha value is -2.93. The molecule has 0 bridgehead atoms. The van der Waals surface area contributed by atoms with Gasteiger partial charge >= 0.3 is 0 Å². The van der Waals surface area contributed by atoms with Crippen molar-refractivity contribution in [2.45, 2.75) is 5.92 Å². The number of rotatable bonds is 3. The summed E-state index contributed by atoms with van der Waals surface area (Å²) in [6.07, 6.45) is 2.93. The molecule has 4 rings (SSSR count). The highest BCUT2D eigenvalue weighted by Gasteiger charge is 2.36. The van der Waals surface area contributed by atoms with Gasteiger partial charge in [-0.3, -0.25) is 0 Å². The van der Waals surface area contributed by atoms with Gasteiger partial charge in [0, 0.05) is 19.1 Å². The van der Waals surface area contributed by atoms with Crippen molar-refractivity contribution in [3.63, 3.8) is 0 Å². The number of hydrogen-bond acceptors (Lipinski definition) is 7. The summed E-state index contributed by atoms with van der Waals surface area (Å²) in [6.45, 7) is 0. The Labute approximate surface area is 149 Å². The molecule has 1 aliphatic heterocycles. The summed E-state index contributed by atoms with van der Waals surface area (Å²) in [7, 11) is 3.63. The third-order valence-electron chi connectivity index (χ3n) is 4.14. The highest BCUT2D eigenvalue weighted by Crippen LogP contribution is 2.49. The summed E-state index contributed by atoms with van der Waals surface area (Å²) in [5.41, 5.74) is 2.70. The smallest absolute Gasteiger partial charge is 0.230 e. The molecule has 7 nitrogen and oxygen atoms in total. The van der Waals surface area contributed by atoms with Gasteiger partial charge in [-0.1, -0.05) is 23.7 Å². The Balaban J connectivity index is 2.02. The molecule has 1 aromatic carbocycles. The van der Waals surface area contributed by atoms with Gasteiger partial charge in [-0.2, -0.15) is 0 Å². The van der Waals surface area contributed by atoms with E-state index in [1.165, 1.54) is 12.7 Å². The molecule has 0 saturated heterocycles. The molecule has 2 aromatic heterocycles. The van der Waals surface area contributed by atoms with Crippen molar-refractivity contribution < 1.29 is 4.74 Å². The van der Waals surface area contributed by atoms with E-state index >= 15 is 0 Å². The molecule has 3 heterocycles. The van der Waals surface area contributed by atoms with Crippen LogP contribution in [0.4, 0.5) is 11.6 Å². The summed E-state index contributed by atoms with van der Waals surface area (Å²) >= 11 is 6.07. The van der Waals surface area contributed by atoms with Crippen LogP contribution in [0.25, 0.3) is 0 Å². The van der Waals surface area contributed by atoms with Crippen LogP contribution in [0.15, 0.2) is 36.9 Å². The van der Waals surface area contributed by atoms with Crippen molar-refractivity contribution in [1.82, 2.24) is 19.9 Å². The molecular weight excluding hydrogens is 340 g/mol. The zero-order valence-electron chi connectivity index (χ0n) is 13.6. The van der Waals surface area contributed by atoms with E-state index < -0.39 is 0 Å². The Kier molecular flexibility index (Phi) is 3.85. The zero-order valence-corrected chi connectivity index (χ0v) is 14.4. The first-order valence-corrected chi connectivity index (χ1v) is 8.09. The van der Waals surface area contributed by atoms with Crippen LogP contribution in [0.1, 0.15) is 22.6 Å². The molecule has 126 valence electrons. The van der Waals surface area contributed by atoms with Crippen LogP contribution in [0, 0.1) is 0 Å². The largest absolute Gasteiger partial charge is 0.420 e. The van der Waals surface area contributed by atoms with E-state index in [1.54, 1.807) is 0 Å². The Morgan fingerprint density at radius 1 is 0.840 bits per heavy atom. The van der Waals surface area contributed by atoms with E-state index in [4.69, 9.17) is 16.3 Å². The monoisotopic (exact) mass is 354 g/mol. The molecule has 3 aromatic rings. The number of fused-ring (bicyclic) bond motifs is 2. The topological polar surface area (TPSA) is 84.9 Å². The zero-order chi connectivity index (χ0) is 17.4. The van der Waals surface area contributed by atoms with Crippen molar-refractivity contribution in [1.29, 1.82) is 0 Å². The maximum absolute atomic E-state index is 6.07. The van der Waals surface area contributed by atoms with E-state index in [2.05, 4.69) is 30.6 Å². The first-order chi connectivity index (χ1) is 12.2. The Morgan fingerprint density at radius 3 is 1.84 bits per heavy atom. The van der Waals surface area contributed by atoms with E-state index in [0.29, 0.717) is 28.4 Å². The van der Waals surface area contributed by atoms with Gasteiger partial charge in [-0.25, -0.2) is 19.9 Å². The molecule has 0 unspecified atom stereocenters. The third-order valence-corrected chi connectivity index (χ3v) is 4.39. The van der Waals surface area contributed by atoms with Gasteiger partial charge in [0.15, 0.2) is 0 Å². The summed E-state index contributed by atoms with van der Waals surface area (Å²) in [6, 6.07) is 7.67. The summed E-state index contributed by atoms with van der Waals surface area (Å²) in [4.78, 5) is 17.3. The molecular formula is C17H15ClN6O. The lowest BCUT2D eigenvalue weighted by molar-refractivity contribution is 0.414. The molecule has 8 heteroatoms. The maximum atomic E-state index is 6.07. The Morgan fingerprint density at radius 2 is 1.36 bits per heavy atom. The molecule has 25 heavy (non-hydrogen) atoms. The Bertz CT molecular complexity index is 877. The van der Waals surface area contributed by atoms with Gasteiger partial charge < -0.3 is 15.4 Å². The standard InChI is InChI=1S/C17H15ClN6O/c1-19-14-12-11(9-3-5-10(18)6-4-9)13-15(20-2)22-8-24-17(13)25-16(12)23-7-21-14/h3-8,11H,1-2H3,(H,19,21,23)(H,20,22,24). The van der Waals surface area contributed by atoms with E-state index in [0.717, 1.165) is 16.7 Å². The van der Waals surface area contributed by atoms with Gasteiger partial charge in [0.1, 0.15) is 24.3 Å². The van der Waals surface area contributed by atoms with Crippen LogP contribution in [-0.2, 0) is 0 Å². The fourth-order valence-electron chi connectivity index (χ4n) is 3.06. The molecule has 0 fully saturated rings. The number of aromatic nitrogens is 4. The van der Waals surface area contributed by atoms with Crippen LogP contribution in [0.3, 0.4) is 0 Å². The number of anilines is 2. The lowest BCUT2D eigenvalue weighted by Crippen LogP contribution is -2.18.